The van der Waals surface area contributed by atoms with Crippen LogP contribution in [0.2, 0.25) is 0 Å². The number of esters is 1. The topological polar surface area (TPSA) is 86.6 Å². The zero-order chi connectivity index (χ0) is 18.6. The highest BCUT2D eigenvalue weighted by atomic mass is 16.5. The van der Waals surface area contributed by atoms with Crippen LogP contribution in [0.3, 0.4) is 0 Å². The summed E-state index contributed by atoms with van der Waals surface area (Å²) in [6.07, 6.45) is 0.548. The number of carbonyl (C=O) groups excluding carboxylic acids is 3. The van der Waals surface area contributed by atoms with Gasteiger partial charge in [0.15, 0.2) is 11.9 Å². The standard InChI is InChI=1S/C18H20N2O5/c1-11(21)13-9-16(20(3)10-13)18(23)25-12(2)17(22)19-14-5-7-15(24-4)8-6-14/h5-10,12H,1-4H3,(H,19,22)/t12-/m1/s1. The Balaban J connectivity index is 2.00. The molecule has 1 N–H and O–H groups in total. The van der Waals surface area contributed by atoms with Gasteiger partial charge < -0.3 is 19.4 Å². The van der Waals surface area contributed by atoms with Crippen LogP contribution < -0.4 is 10.1 Å². The normalized spacial score (nSPS) is 11.5. The minimum Gasteiger partial charge on any atom is -0.497 e. The van der Waals surface area contributed by atoms with E-state index in [1.165, 1.54) is 24.5 Å². The highest BCUT2D eigenvalue weighted by Crippen LogP contribution is 2.16. The number of benzene rings is 1. The van der Waals surface area contributed by atoms with Gasteiger partial charge >= 0.3 is 5.97 Å². The predicted molar refractivity (Wildman–Crippen MR) is 91.9 cm³/mol. The van der Waals surface area contributed by atoms with Crippen molar-refractivity contribution >= 4 is 23.3 Å². The number of ketones is 1. The van der Waals surface area contributed by atoms with Crippen LogP contribution in [0.15, 0.2) is 36.5 Å². The number of carbonyl (C=O) groups is 3. The van der Waals surface area contributed by atoms with Gasteiger partial charge in [-0.3, -0.25) is 9.59 Å². The number of ether oxygens (including phenoxy) is 2. The van der Waals surface area contributed by atoms with Gasteiger partial charge in [-0.2, -0.15) is 0 Å². The third kappa shape index (κ3) is 4.47. The largest absolute Gasteiger partial charge is 0.497 e. The summed E-state index contributed by atoms with van der Waals surface area (Å²) in [7, 11) is 3.18. The lowest BCUT2D eigenvalue weighted by atomic mass is 10.2. The lowest BCUT2D eigenvalue weighted by Gasteiger charge is -2.14. The Bertz CT molecular complexity index is 792. The number of amides is 1. The fourth-order valence-electron chi connectivity index (χ4n) is 2.15. The number of Topliss-reactive ketones (excluding diaryl/α,β-unsaturated/α-hetero) is 1. The number of hydrogen-bond acceptors (Lipinski definition) is 5. The molecular formula is C18H20N2O5. The second kappa shape index (κ2) is 7.65. The fourth-order valence-corrected chi connectivity index (χ4v) is 2.15. The Kier molecular flexibility index (Phi) is 5.59. The molecule has 2 rings (SSSR count). The number of nitrogens with one attached hydrogen (secondary N) is 1. The molecule has 1 atom stereocenters. The summed E-state index contributed by atoms with van der Waals surface area (Å²) in [6, 6.07) is 8.22. The minimum atomic E-state index is -0.995. The Hall–Kier alpha value is -3.09. The summed E-state index contributed by atoms with van der Waals surface area (Å²) < 4.78 is 11.7. The van der Waals surface area contributed by atoms with Crippen molar-refractivity contribution in [2.24, 2.45) is 7.05 Å². The third-order valence-electron chi connectivity index (χ3n) is 3.63. The van der Waals surface area contributed by atoms with Crippen LogP contribution in [0.1, 0.15) is 34.7 Å². The van der Waals surface area contributed by atoms with Crippen molar-refractivity contribution in [1.82, 2.24) is 4.57 Å². The molecule has 2 aromatic rings. The molecule has 1 heterocycles. The summed E-state index contributed by atoms with van der Waals surface area (Å²) in [5.41, 5.74) is 1.17. The number of rotatable bonds is 6. The van der Waals surface area contributed by atoms with Gasteiger partial charge in [-0.25, -0.2) is 4.79 Å². The molecule has 7 nitrogen and oxygen atoms in total. The Labute approximate surface area is 145 Å². The van der Waals surface area contributed by atoms with Crippen LogP contribution in [-0.2, 0) is 16.6 Å². The lowest BCUT2D eigenvalue weighted by Crippen LogP contribution is -2.30. The van der Waals surface area contributed by atoms with E-state index in [2.05, 4.69) is 5.32 Å². The molecular weight excluding hydrogens is 324 g/mol. The summed E-state index contributed by atoms with van der Waals surface area (Å²) in [5, 5.41) is 2.66. The van der Waals surface area contributed by atoms with E-state index in [1.807, 2.05) is 0 Å². The average molecular weight is 344 g/mol. The van der Waals surface area contributed by atoms with Crippen molar-refractivity contribution in [2.75, 3.05) is 12.4 Å². The molecule has 0 saturated carbocycles. The molecule has 0 bridgehead atoms. The number of methoxy groups -OCH3 is 1. The minimum absolute atomic E-state index is 0.153. The van der Waals surface area contributed by atoms with Gasteiger partial charge in [0.1, 0.15) is 11.4 Å². The molecule has 0 radical (unpaired) electrons. The van der Waals surface area contributed by atoms with Crippen LogP contribution in [-0.4, -0.2) is 35.4 Å². The van der Waals surface area contributed by atoms with E-state index in [9.17, 15) is 14.4 Å². The molecule has 25 heavy (non-hydrogen) atoms. The van der Waals surface area contributed by atoms with Crippen LogP contribution in [0, 0.1) is 0 Å². The maximum Gasteiger partial charge on any atom is 0.355 e. The average Bonchev–Trinajstić information content (AvgIpc) is 2.97. The summed E-state index contributed by atoms with van der Waals surface area (Å²) in [5.74, 6) is -0.616. The first-order valence-electron chi connectivity index (χ1n) is 7.65. The fraction of sp³-hybridized carbons (Fsp3) is 0.278. The van der Waals surface area contributed by atoms with E-state index in [0.29, 0.717) is 17.0 Å². The van der Waals surface area contributed by atoms with Crippen LogP contribution in [0.4, 0.5) is 5.69 Å². The zero-order valence-corrected chi connectivity index (χ0v) is 14.5. The van der Waals surface area contributed by atoms with Gasteiger partial charge in [-0.15, -0.1) is 0 Å². The van der Waals surface area contributed by atoms with Gasteiger partial charge in [-0.1, -0.05) is 0 Å². The molecule has 0 aliphatic heterocycles. The zero-order valence-electron chi connectivity index (χ0n) is 14.5. The second-order valence-electron chi connectivity index (χ2n) is 5.55. The number of hydrogen-bond donors (Lipinski definition) is 1. The number of anilines is 1. The van der Waals surface area contributed by atoms with E-state index in [1.54, 1.807) is 44.6 Å². The predicted octanol–water partition coefficient (Wildman–Crippen LogP) is 2.42. The van der Waals surface area contributed by atoms with Crippen molar-refractivity contribution in [3.05, 3.63) is 47.8 Å². The second-order valence-corrected chi connectivity index (χ2v) is 5.55. The van der Waals surface area contributed by atoms with Gasteiger partial charge in [-0.05, 0) is 44.2 Å². The molecule has 1 aromatic heterocycles. The Morgan fingerprint density at radius 3 is 2.32 bits per heavy atom. The first-order valence-corrected chi connectivity index (χ1v) is 7.65. The summed E-state index contributed by atoms with van der Waals surface area (Å²) in [4.78, 5) is 35.7. The Morgan fingerprint density at radius 1 is 1.16 bits per heavy atom. The summed E-state index contributed by atoms with van der Waals surface area (Å²) in [6.45, 7) is 2.89. The van der Waals surface area contributed by atoms with E-state index < -0.39 is 18.0 Å². The highest BCUT2D eigenvalue weighted by Gasteiger charge is 2.22. The van der Waals surface area contributed by atoms with Gasteiger partial charge in [0.25, 0.3) is 5.91 Å². The van der Waals surface area contributed by atoms with E-state index in [4.69, 9.17) is 9.47 Å². The number of aromatic nitrogens is 1. The first kappa shape index (κ1) is 18.3. The van der Waals surface area contributed by atoms with Crippen molar-refractivity contribution < 1.29 is 23.9 Å². The van der Waals surface area contributed by atoms with Crippen LogP contribution >= 0.6 is 0 Å². The quantitative estimate of drug-likeness (QED) is 0.642. The molecule has 1 amide bonds. The molecule has 0 fully saturated rings. The van der Waals surface area contributed by atoms with Crippen molar-refractivity contribution in [2.45, 2.75) is 20.0 Å². The van der Waals surface area contributed by atoms with E-state index in [-0.39, 0.29) is 11.5 Å². The first-order chi connectivity index (χ1) is 11.8. The van der Waals surface area contributed by atoms with Gasteiger partial charge in [0.05, 0.1) is 7.11 Å². The van der Waals surface area contributed by atoms with E-state index in [0.717, 1.165) is 0 Å². The van der Waals surface area contributed by atoms with Crippen molar-refractivity contribution in [1.29, 1.82) is 0 Å². The van der Waals surface area contributed by atoms with E-state index >= 15 is 0 Å². The molecule has 0 aliphatic rings. The Morgan fingerprint density at radius 2 is 1.80 bits per heavy atom. The maximum atomic E-state index is 12.2. The van der Waals surface area contributed by atoms with Crippen LogP contribution in [0.5, 0.6) is 5.75 Å². The lowest BCUT2D eigenvalue weighted by molar-refractivity contribution is -0.123. The molecule has 0 saturated heterocycles. The van der Waals surface area contributed by atoms with Gasteiger partial charge in [0, 0.05) is 24.5 Å². The number of aryl methyl sites for hydroxylation is 1. The van der Waals surface area contributed by atoms with Crippen LogP contribution in [0.25, 0.3) is 0 Å². The molecule has 7 heteroatoms. The maximum absolute atomic E-state index is 12.2. The molecule has 0 unspecified atom stereocenters. The molecule has 132 valence electrons. The van der Waals surface area contributed by atoms with Gasteiger partial charge in [0.2, 0.25) is 0 Å². The summed E-state index contributed by atoms with van der Waals surface area (Å²) >= 11 is 0. The monoisotopic (exact) mass is 344 g/mol. The third-order valence-corrected chi connectivity index (χ3v) is 3.63. The molecule has 0 aliphatic carbocycles. The van der Waals surface area contributed by atoms with Crippen molar-refractivity contribution in [3.63, 3.8) is 0 Å². The highest BCUT2D eigenvalue weighted by molar-refractivity contribution is 5.99. The molecule has 0 spiro atoms. The SMILES string of the molecule is COc1ccc(NC(=O)[C@@H](C)OC(=O)c2cc(C(C)=O)cn2C)cc1. The smallest absolute Gasteiger partial charge is 0.355 e. The van der Waals surface area contributed by atoms with Crippen molar-refractivity contribution in [3.8, 4) is 5.75 Å². The number of nitrogens with zero attached hydrogens (tertiary/aromatic N) is 1. The molecule has 1 aromatic carbocycles.